The molecular weight excluding hydrogens is 351 g/mol. The highest BCUT2D eigenvalue weighted by molar-refractivity contribution is 6.37. The number of rotatable bonds is 3. The first-order valence-corrected chi connectivity index (χ1v) is 7.91. The molecule has 0 amide bonds. The van der Waals surface area contributed by atoms with Crippen LogP contribution in [0.2, 0.25) is 10.0 Å². The molecule has 3 aromatic rings. The smallest absolute Gasteiger partial charge is 0.340 e. The second-order valence-electron chi connectivity index (χ2n) is 4.97. The molecule has 122 valence electrons. The second kappa shape index (κ2) is 6.63. The molecule has 0 unspecified atom stereocenters. The van der Waals surface area contributed by atoms with Crippen LogP contribution in [0.3, 0.4) is 0 Å². The van der Waals surface area contributed by atoms with Gasteiger partial charge in [-0.1, -0.05) is 29.3 Å². The van der Waals surface area contributed by atoms with Crippen LogP contribution in [0, 0.1) is 0 Å². The Morgan fingerprint density at radius 1 is 1.25 bits per heavy atom. The molecule has 0 radical (unpaired) electrons. The van der Waals surface area contributed by atoms with Crippen molar-refractivity contribution in [2.75, 3.05) is 6.61 Å². The van der Waals surface area contributed by atoms with E-state index in [9.17, 15) is 9.59 Å². The van der Waals surface area contributed by atoms with Crippen molar-refractivity contribution in [1.29, 1.82) is 0 Å². The molecule has 7 heteroatoms. The molecule has 0 atom stereocenters. The van der Waals surface area contributed by atoms with Gasteiger partial charge < -0.3 is 9.72 Å². The van der Waals surface area contributed by atoms with Crippen LogP contribution in [0.15, 0.2) is 41.3 Å². The average Bonchev–Trinajstić information content (AvgIpc) is 2.54. The van der Waals surface area contributed by atoms with E-state index >= 15 is 0 Å². The third kappa shape index (κ3) is 3.00. The van der Waals surface area contributed by atoms with Gasteiger partial charge in [-0.25, -0.2) is 4.79 Å². The molecule has 1 aromatic carbocycles. The Bertz CT molecular complexity index is 999. The molecule has 0 spiro atoms. The van der Waals surface area contributed by atoms with Gasteiger partial charge >= 0.3 is 5.97 Å². The van der Waals surface area contributed by atoms with Crippen LogP contribution in [0.4, 0.5) is 0 Å². The molecule has 0 aliphatic heterocycles. The molecule has 5 nitrogen and oxygen atoms in total. The van der Waals surface area contributed by atoms with Gasteiger partial charge in [-0.15, -0.1) is 0 Å². The number of H-pyrrole nitrogens is 1. The lowest BCUT2D eigenvalue weighted by Crippen LogP contribution is -2.10. The van der Waals surface area contributed by atoms with Crippen molar-refractivity contribution in [2.45, 2.75) is 6.92 Å². The quantitative estimate of drug-likeness (QED) is 0.712. The number of fused-ring (bicyclic) bond motifs is 1. The molecule has 2 aromatic heterocycles. The van der Waals surface area contributed by atoms with Gasteiger partial charge in [0, 0.05) is 33.4 Å². The first kappa shape index (κ1) is 16.5. The van der Waals surface area contributed by atoms with Crippen molar-refractivity contribution in [2.24, 2.45) is 0 Å². The van der Waals surface area contributed by atoms with E-state index in [2.05, 4.69) is 9.97 Å². The highest BCUT2D eigenvalue weighted by Gasteiger charge is 2.20. The average molecular weight is 363 g/mol. The van der Waals surface area contributed by atoms with Crippen LogP contribution in [-0.2, 0) is 4.74 Å². The van der Waals surface area contributed by atoms with Crippen LogP contribution in [0.1, 0.15) is 17.3 Å². The summed E-state index contributed by atoms with van der Waals surface area (Å²) >= 11 is 12.3. The largest absolute Gasteiger partial charge is 0.462 e. The fourth-order valence-electron chi connectivity index (χ4n) is 2.43. The van der Waals surface area contributed by atoms with Gasteiger partial charge in [-0.3, -0.25) is 9.78 Å². The first-order valence-electron chi connectivity index (χ1n) is 7.16. The number of carbonyl (C=O) groups excluding carboxylic acids is 1. The molecule has 0 aliphatic carbocycles. The number of hydrogen-bond acceptors (Lipinski definition) is 4. The summed E-state index contributed by atoms with van der Waals surface area (Å²) < 4.78 is 5.09. The van der Waals surface area contributed by atoms with Crippen LogP contribution >= 0.6 is 23.2 Å². The molecular formula is C17H12Cl2N2O3. The fraction of sp³-hybridized carbons (Fsp3) is 0.118. The van der Waals surface area contributed by atoms with Gasteiger partial charge in [0.1, 0.15) is 0 Å². The summed E-state index contributed by atoms with van der Waals surface area (Å²) in [6, 6.07) is 7.86. The Balaban J connectivity index is 2.40. The topological polar surface area (TPSA) is 72.0 Å². The summed E-state index contributed by atoms with van der Waals surface area (Å²) in [7, 11) is 0. The summed E-state index contributed by atoms with van der Waals surface area (Å²) in [6.07, 6.45) is 1.42. The normalized spacial score (nSPS) is 10.8. The molecule has 0 saturated heterocycles. The minimum Gasteiger partial charge on any atom is -0.462 e. The van der Waals surface area contributed by atoms with E-state index < -0.39 is 5.97 Å². The Labute approximate surface area is 147 Å². The number of aromatic nitrogens is 2. The monoisotopic (exact) mass is 362 g/mol. The number of hydrogen-bond donors (Lipinski definition) is 1. The third-order valence-corrected chi connectivity index (χ3v) is 3.99. The number of esters is 1. The zero-order valence-corrected chi connectivity index (χ0v) is 14.1. The molecule has 0 fully saturated rings. The Kier molecular flexibility index (Phi) is 4.55. The summed E-state index contributed by atoms with van der Waals surface area (Å²) in [4.78, 5) is 31.0. The third-order valence-electron chi connectivity index (χ3n) is 3.44. The Hall–Kier alpha value is -2.37. The molecule has 2 heterocycles. The predicted molar refractivity (Wildman–Crippen MR) is 93.8 cm³/mol. The van der Waals surface area contributed by atoms with Crippen LogP contribution in [-0.4, -0.2) is 22.5 Å². The van der Waals surface area contributed by atoms with Crippen LogP contribution in [0.25, 0.3) is 22.2 Å². The number of halogens is 2. The van der Waals surface area contributed by atoms with E-state index in [0.29, 0.717) is 32.2 Å². The van der Waals surface area contributed by atoms with Crippen molar-refractivity contribution in [3.63, 3.8) is 0 Å². The van der Waals surface area contributed by atoms with Crippen molar-refractivity contribution in [3.05, 3.63) is 62.5 Å². The zero-order valence-electron chi connectivity index (χ0n) is 12.6. The van der Waals surface area contributed by atoms with Gasteiger partial charge in [0.15, 0.2) is 0 Å². The van der Waals surface area contributed by atoms with E-state index in [-0.39, 0.29) is 17.7 Å². The van der Waals surface area contributed by atoms with E-state index in [1.807, 2.05) is 0 Å². The second-order valence-corrected chi connectivity index (χ2v) is 5.82. The highest BCUT2D eigenvalue weighted by Crippen LogP contribution is 2.36. The fourth-order valence-corrected chi connectivity index (χ4v) is 2.94. The first-order chi connectivity index (χ1) is 11.5. The maximum atomic E-state index is 12.3. The number of carbonyl (C=O) groups is 1. The molecule has 0 bridgehead atoms. The van der Waals surface area contributed by atoms with Crippen molar-refractivity contribution >= 4 is 40.2 Å². The van der Waals surface area contributed by atoms with Gasteiger partial charge in [0.25, 0.3) is 0 Å². The minimum absolute atomic E-state index is 0.218. The lowest BCUT2D eigenvalue weighted by atomic mass is 9.99. The van der Waals surface area contributed by atoms with E-state index in [1.165, 1.54) is 12.3 Å². The van der Waals surface area contributed by atoms with Crippen LogP contribution < -0.4 is 5.56 Å². The number of nitrogens with zero attached hydrogens (tertiary/aromatic N) is 1. The number of nitrogens with one attached hydrogen (secondary N) is 1. The maximum Gasteiger partial charge on any atom is 0.340 e. The summed E-state index contributed by atoms with van der Waals surface area (Å²) in [5, 5.41) is 0.818. The number of benzene rings is 1. The number of ether oxygens (including phenoxy) is 1. The molecule has 0 saturated carbocycles. The maximum absolute atomic E-state index is 12.3. The minimum atomic E-state index is -0.544. The van der Waals surface area contributed by atoms with E-state index in [1.54, 1.807) is 31.2 Å². The summed E-state index contributed by atoms with van der Waals surface area (Å²) in [5.74, 6) is -0.544. The Morgan fingerprint density at radius 2 is 2.04 bits per heavy atom. The summed E-state index contributed by atoms with van der Waals surface area (Å²) in [5.41, 5.74) is 1.86. The molecule has 24 heavy (non-hydrogen) atoms. The van der Waals surface area contributed by atoms with Gasteiger partial charge in [-0.05, 0) is 25.1 Å². The van der Waals surface area contributed by atoms with Crippen molar-refractivity contribution in [1.82, 2.24) is 9.97 Å². The Morgan fingerprint density at radius 3 is 2.75 bits per heavy atom. The zero-order chi connectivity index (χ0) is 17.3. The lowest BCUT2D eigenvalue weighted by Gasteiger charge is -2.13. The van der Waals surface area contributed by atoms with E-state index in [4.69, 9.17) is 27.9 Å². The molecule has 1 N–H and O–H groups in total. The van der Waals surface area contributed by atoms with Gasteiger partial charge in [0.2, 0.25) is 5.56 Å². The van der Waals surface area contributed by atoms with Gasteiger partial charge in [-0.2, -0.15) is 0 Å². The van der Waals surface area contributed by atoms with E-state index in [0.717, 1.165) is 0 Å². The predicted octanol–water partition coefficient (Wildman–Crippen LogP) is 4.07. The SMILES string of the molecule is CCOC(=O)c1cnc2ccc(=O)[nH]c2c1-c1ccc(Cl)cc1Cl. The standard InChI is InChI=1S/C17H12Cl2N2O3/c1-2-24-17(23)11-8-20-13-5-6-14(22)21-16(13)15(11)10-4-3-9(18)7-12(10)19/h3-8H,2H2,1H3,(H,21,22). The van der Waals surface area contributed by atoms with Crippen molar-refractivity contribution < 1.29 is 9.53 Å². The molecule has 3 rings (SSSR count). The number of aromatic amines is 1. The van der Waals surface area contributed by atoms with Crippen LogP contribution in [0.5, 0.6) is 0 Å². The van der Waals surface area contributed by atoms with Crippen molar-refractivity contribution in [3.8, 4) is 11.1 Å². The lowest BCUT2D eigenvalue weighted by molar-refractivity contribution is 0.0527. The van der Waals surface area contributed by atoms with Gasteiger partial charge in [0.05, 0.1) is 23.2 Å². The summed E-state index contributed by atoms with van der Waals surface area (Å²) in [6.45, 7) is 1.93. The number of pyridine rings is 2. The highest BCUT2D eigenvalue weighted by atomic mass is 35.5. The molecule has 0 aliphatic rings.